The molecule has 4 aromatic rings. The summed E-state index contributed by atoms with van der Waals surface area (Å²) in [6.45, 7) is 1.83. The predicted octanol–water partition coefficient (Wildman–Crippen LogP) is 6.41. The molecule has 5 rings (SSSR count). The van der Waals surface area contributed by atoms with Crippen LogP contribution in [0.2, 0.25) is 0 Å². The quantitative estimate of drug-likeness (QED) is 0.242. The van der Waals surface area contributed by atoms with Crippen molar-refractivity contribution in [1.29, 1.82) is 0 Å². The van der Waals surface area contributed by atoms with Crippen molar-refractivity contribution in [2.24, 2.45) is 5.92 Å². The standard InChI is InChI=1S/C28H26F4N4O.C2HF3O2/c29-23-10-8-19(9-11-23)18-36-25-7-2-1-6-24(25)34-27(36)35-14-12-21(13-15-35)26(37)33-17-20-4-3-5-22(16-20)28(30,31)32;3-2(4,5)1(6)7/h1-11,16,21H,12-15,17-18H2,(H,33,37);(H,6,7). The van der Waals surface area contributed by atoms with Crippen molar-refractivity contribution in [3.63, 3.8) is 0 Å². The molecule has 0 atom stereocenters. The van der Waals surface area contributed by atoms with E-state index in [1.54, 1.807) is 18.2 Å². The molecule has 234 valence electrons. The molecule has 14 heteroatoms. The number of fused-ring (bicyclic) bond motifs is 1. The van der Waals surface area contributed by atoms with E-state index in [1.807, 2.05) is 24.3 Å². The highest BCUT2D eigenvalue weighted by Gasteiger charge is 2.38. The van der Waals surface area contributed by atoms with Crippen molar-refractivity contribution in [3.05, 3.63) is 95.3 Å². The van der Waals surface area contributed by atoms with Crippen LogP contribution in [-0.4, -0.2) is 45.8 Å². The van der Waals surface area contributed by atoms with Gasteiger partial charge in [0.2, 0.25) is 11.9 Å². The molecule has 1 aliphatic heterocycles. The third-order valence-corrected chi connectivity index (χ3v) is 7.00. The van der Waals surface area contributed by atoms with Crippen LogP contribution >= 0.6 is 0 Å². The van der Waals surface area contributed by atoms with Crippen molar-refractivity contribution in [2.45, 2.75) is 38.3 Å². The fraction of sp³-hybridized carbons (Fsp3) is 0.300. The number of imidazole rings is 1. The number of carboxylic acids is 1. The van der Waals surface area contributed by atoms with Crippen LogP contribution in [0.15, 0.2) is 72.8 Å². The van der Waals surface area contributed by atoms with Gasteiger partial charge in [-0.3, -0.25) is 4.79 Å². The fourth-order valence-corrected chi connectivity index (χ4v) is 4.77. The Hall–Kier alpha value is -4.62. The summed E-state index contributed by atoms with van der Waals surface area (Å²) in [6, 6.07) is 19.2. The van der Waals surface area contributed by atoms with E-state index in [1.165, 1.54) is 18.2 Å². The van der Waals surface area contributed by atoms with Gasteiger partial charge < -0.3 is 19.9 Å². The Morgan fingerprint density at radius 3 is 2.14 bits per heavy atom. The maximum absolute atomic E-state index is 13.4. The van der Waals surface area contributed by atoms with E-state index in [9.17, 15) is 35.5 Å². The van der Waals surface area contributed by atoms with E-state index < -0.39 is 23.9 Å². The molecule has 0 spiro atoms. The van der Waals surface area contributed by atoms with Crippen LogP contribution < -0.4 is 10.2 Å². The number of nitrogens with zero attached hydrogens (tertiary/aromatic N) is 3. The molecule has 1 amide bonds. The molecule has 2 N–H and O–H groups in total. The zero-order valence-corrected chi connectivity index (χ0v) is 23.0. The van der Waals surface area contributed by atoms with Gasteiger partial charge in [0, 0.05) is 25.6 Å². The average molecular weight is 625 g/mol. The van der Waals surface area contributed by atoms with Gasteiger partial charge in [0.25, 0.3) is 0 Å². The number of para-hydroxylation sites is 2. The third-order valence-electron chi connectivity index (χ3n) is 7.00. The molecular formula is C30H27F7N4O3. The number of halogens is 7. The first-order valence-corrected chi connectivity index (χ1v) is 13.4. The lowest BCUT2D eigenvalue weighted by Crippen LogP contribution is -2.41. The number of rotatable bonds is 6. The van der Waals surface area contributed by atoms with Gasteiger partial charge >= 0.3 is 18.3 Å². The normalized spacial score (nSPS) is 14.2. The first kappa shape index (κ1) is 32.3. The molecule has 0 bridgehead atoms. The van der Waals surface area contributed by atoms with Gasteiger partial charge in [0.05, 0.1) is 23.1 Å². The number of nitrogens with one attached hydrogen (secondary N) is 1. The van der Waals surface area contributed by atoms with Gasteiger partial charge in [0.1, 0.15) is 5.82 Å². The Bertz CT molecular complexity index is 1590. The maximum Gasteiger partial charge on any atom is 0.490 e. The lowest BCUT2D eigenvalue weighted by Gasteiger charge is -2.32. The van der Waals surface area contributed by atoms with Crippen LogP contribution in [0.3, 0.4) is 0 Å². The molecule has 0 saturated carbocycles. The topological polar surface area (TPSA) is 87.5 Å². The maximum atomic E-state index is 13.4. The zero-order valence-electron chi connectivity index (χ0n) is 23.0. The third kappa shape index (κ3) is 8.26. The molecule has 1 aliphatic rings. The monoisotopic (exact) mass is 624 g/mol. The highest BCUT2D eigenvalue weighted by Crippen LogP contribution is 2.30. The number of carbonyl (C=O) groups excluding carboxylic acids is 1. The Morgan fingerprint density at radius 1 is 0.886 bits per heavy atom. The molecule has 0 unspecified atom stereocenters. The fourth-order valence-electron chi connectivity index (χ4n) is 4.77. The number of anilines is 1. The number of benzene rings is 3. The van der Waals surface area contributed by atoms with E-state index >= 15 is 0 Å². The summed E-state index contributed by atoms with van der Waals surface area (Å²) in [5.74, 6) is -2.62. The number of carbonyl (C=O) groups is 2. The summed E-state index contributed by atoms with van der Waals surface area (Å²) in [6.07, 6.45) is -8.29. The number of hydrogen-bond donors (Lipinski definition) is 2. The molecule has 0 aliphatic carbocycles. The van der Waals surface area contributed by atoms with E-state index in [2.05, 4.69) is 14.8 Å². The molecule has 44 heavy (non-hydrogen) atoms. The summed E-state index contributed by atoms with van der Waals surface area (Å²) in [7, 11) is 0. The molecule has 1 saturated heterocycles. The van der Waals surface area contributed by atoms with Crippen LogP contribution in [0.4, 0.5) is 36.7 Å². The smallest absolute Gasteiger partial charge is 0.475 e. The summed E-state index contributed by atoms with van der Waals surface area (Å²) >= 11 is 0. The van der Waals surface area contributed by atoms with Gasteiger partial charge in [-0.25, -0.2) is 14.2 Å². The largest absolute Gasteiger partial charge is 0.490 e. The van der Waals surface area contributed by atoms with Crippen molar-refractivity contribution >= 4 is 28.9 Å². The number of aromatic nitrogens is 2. The summed E-state index contributed by atoms with van der Waals surface area (Å²) < 4.78 is 86.1. The molecule has 3 aromatic carbocycles. The van der Waals surface area contributed by atoms with Crippen LogP contribution in [0, 0.1) is 11.7 Å². The SMILES string of the molecule is O=C(NCc1cccc(C(F)(F)F)c1)C1CCN(c2nc3ccccc3n2Cc2ccc(F)cc2)CC1.O=C(O)C(F)(F)F. The second kappa shape index (κ2) is 13.3. The number of hydrogen-bond acceptors (Lipinski definition) is 4. The first-order chi connectivity index (χ1) is 20.7. The molecule has 1 aromatic heterocycles. The Kier molecular flexibility index (Phi) is 9.80. The van der Waals surface area contributed by atoms with Gasteiger partial charge in [0.15, 0.2) is 0 Å². The van der Waals surface area contributed by atoms with Gasteiger partial charge in [-0.15, -0.1) is 0 Å². The van der Waals surface area contributed by atoms with Crippen LogP contribution in [0.1, 0.15) is 29.5 Å². The number of aliphatic carboxylic acids is 1. The van der Waals surface area contributed by atoms with E-state index in [-0.39, 0.29) is 24.2 Å². The predicted molar refractivity (Wildman–Crippen MR) is 147 cm³/mol. The summed E-state index contributed by atoms with van der Waals surface area (Å²) in [5.41, 5.74) is 2.48. The first-order valence-electron chi connectivity index (χ1n) is 13.4. The lowest BCUT2D eigenvalue weighted by atomic mass is 9.96. The Balaban J connectivity index is 0.000000566. The highest BCUT2D eigenvalue weighted by atomic mass is 19.4. The summed E-state index contributed by atoms with van der Waals surface area (Å²) in [4.78, 5) is 28.7. The number of piperidine rings is 1. The minimum Gasteiger partial charge on any atom is -0.475 e. The van der Waals surface area contributed by atoms with E-state index in [0.29, 0.717) is 38.0 Å². The number of alkyl halides is 6. The van der Waals surface area contributed by atoms with Gasteiger partial charge in [-0.1, -0.05) is 36.4 Å². The van der Waals surface area contributed by atoms with Crippen molar-refractivity contribution in [3.8, 4) is 0 Å². The molecule has 7 nitrogen and oxygen atoms in total. The lowest BCUT2D eigenvalue weighted by molar-refractivity contribution is -0.192. The van der Waals surface area contributed by atoms with Crippen molar-refractivity contribution in [2.75, 3.05) is 18.0 Å². The second-order valence-electron chi connectivity index (χ2n) is 10.1. The molecule has 1 fully saturated rings. The minimum absolute atomic E-state index is 0.0520. The van der Waals surface area contributed by atoms with Crippen LogP contribution in [0.5, 0.6) is 0 Å². The number of amides is 1. The zero-order chi connectivity index (χ0) is 32.1. The Morgan fingerprint density at radius 2 is 1.52 bits per heavy atom. The average Bonchev–Trinajstić information content (AvgIpc) is 3.35. The summed E-state index contributed by atoms with van der Waals surface area (Å²) in [5, 5.41) is 9.92. The van der Waals surface area contributed by atoms with Crippen molar-refractivity contribution in [1.82, 2.24) is 14.9 Å². The van der Waals surface area contributed by atoms with Crippen molar-refractivity contribution < 1.29 is 45.4 Å². The molecule has 2 heterocycles. The molecular weight excluding hydrogens is 597 g/mol. The van der Waals surface area contributed by atoms with Gasteiger partial charge in [-0.05, 0) is 60.4 Å². The van der Waals surface area contributed by atoms with Crippen LogP contribution in [0.25, 0.3) is 11.0 Å². The van der Waals surface area contributed by atoms with E-state index in [0.717, 1.165) is 34.7 Å². The Labute approximate surface area is 246 Å². The van der Waals surface area contributed by atoms with E-state index in [4.69, 9.17) is 14.9 Å². The number of carboxylic acid groups (broad SMARTS) is 1. The van der Waals surface area contributed by atoms with Gasteiger partial charge in [-0.2, -0.15) is 26.3 Å². The van der Waals surface area contributed by atoms with Crippen LogP contribution in [-0.2, 0) is 28.9 Å². The second-order valence-corrected chi connectivity index (χ2v) is 10.1. The minimum atomic E-state index is -5.08. The highest BCUT2D eigenvalue weighted by molar-refractivity contribution is 5.80. The molecule has 0 radical (unpaired) electrons.